The number of ketones is 2. The second-order valence-corrected chi connectivity index (χ2v) is 12.2. The Morgan fingerprint density at radius 1 is 0.872 bits per heavy atom. The van der Waals surface area contributed by atoms with Gasteiger partial charge in [0, 0.05) is 46.5 Å². The molecule has 0 bridgehead atoms. The van der Waals surface area contributed by atoms with E-state index >= 15 is 0 Å². The summed E-state index contributed by atoms with van der Waals surface area (Å²) < 4.78 is 0. The van der Waals surface area contributed by atoms with Gasteiger partial charge in [0.2, 0.25) is 0 Å². The Labute approximate surface area is 239 Å². The van der Waals surface area contributed by atoms with E-state index in [2.05, 4.69) is 59.0 Å². The molecule has 0 aromatic heterocycles. The predicted molar refractivity (Wildman–Crippen MR) is 167 cm³/mol. The normalized spacial score (nSPS) is 15.9. The maximum Gasteiger partial charge on any atom is 0.154 e. The summed E-state index contributed by atoms with van der Waals surface area (Å²) in [6, 6.07) is 12.0. The van der Waals surface area contributed by atoms with Crippen LogP contribution in [0.3, 0.4) is 0 Å². The van der Waals surface area contributed by atoms with E-state index < -0.39 is 5.54 Å². The molecule has 39 heavy (non-hydrogen) atoms. The summed E-state index contributed by atoms with van der Waals surface area (Å²) in [6.45, 7) is 20.0. The van der Waals surface area contributed by atoms with Gasteiger partial charge in [0.05, 0.1) is 16.9 Å². The van der Waals surface area contributed by atoms with Crippen LogP contribution in [0.25, 0.3) is 0 Å². The monoisotopic (exact) mass is 550 g/mol. The van der Waals surface area contributed by atoms with Crippen molar-refractivity contribution in [2.75, 3.05) is 5.32 Å². The second kappa shape index (κ2) is 11.5. The SMILES string of the molecule is CC(=N)CC(=O)Cc1ccc(NC(C)(C)C(C)=O)cc1.CC1=Nc2cc3c(cc2C1(C)C)N=C(C)C3(C)C.Cl. The molecule has 0 unspecified atom stereocenters. The first-order chi connectivity index (χ1) is 17.4. The molecule has 0 fully saturated rings. The largest absolute Gasteiger partial charge is 0.373 e. The van der Waals surface area contributed by atoms with Crippen LogP contribution in [0.4, 0.5) is 17.1 Å². The number of hydrogen-bond donors (Lipinski definition) is 2. The number of Topliss-reactive ketones (excluding diaryl/α,β-unsaturated/α-hetero) is 2. The molecule has 2 aromatic rings. The number of anilines is 1. The van der Waals surface area contributed by atoms with E-state index in [4.69, 9.17) is 15.4 Å². The third-order valence-corrected chi connectivity index (χ3v) is 8.00. The molecule has 2 heterocycles. The van der Waals surface area contributed by atoms with Gasteiger partial charge in [-0.25, -0.2) is 0 Å². The Morgan fingerprint density at radius 3 is 1.69 bits per heavy atom. The van der Waals surface area contributed by atoms with Crippen LogP contribution in [0.5, 0.6) is 0 Å². The summed E-state index contributed by atoms with van der Waals surface area (Å²) in [5.74, 6) is 0.112. The van der Waals surface area contributed by atoms with E-state index in [9.17, 15) is 9.59 Å². The molecule has 0 spiro atoms. The van der Waals surface area contributed by atoms with Gasteiger partial charge in [-0.15, -0.1) is 12.4 Å². The topological polar surface area (TPSA) is 94.7 Å². The fourth-order valence-electron chi connectivity index (χ4n) is 4.53. The van der Waals surface area contributed by atoms with Crippen LogP contribution >= 0.6 is 12.4 Å². The lowest BCUT2D eigenvalue weighted by molar-refractivity contribution is -0.120. The molecule has 210 valence electrons. The first-order valence-corrected chi connectivity index (χ1v) is 13.2. The summed E-state index contributed by atoms with van der Waals surface area (Å²) in [7, 11) is 0. The molecule has 0 radical (unpaired) electrons. The van der Waals surface area contributed by atoms with Crippen molar-refractivity contribution in [2.24, 2.45) is 9.98 Å². The molecule has 2 aliphatic heterocycles. The molecule has 2 aliphatic rings. The van der Waals surface area contributed by atoms with Crippen LogP contribution in [-0.4, -0.2) is 34.2 Å². The number of aliphatic imine (C=N–C) groups is 2. The van der Waals surface area contributed by atoms with E-state index in [-0.39, 0.29) is 41.2 Å². The van der Waals surface area contributed by atoms with Gasteiger partial charge >= 0.3 is 0 Å². The Morgan fingerprint density at radius 2 is 1.31 bits per heavy atom. The van der Waals surface area contributed by atoms with Gasteiger partial charge in [0.15, 0.2) is 5.78 Å². The summed E-state index contributed by atoms with van der Waals surface area (Å²) in [5.41, 5.74) is 8.92. The number of rotatable bonds is 7. The maximum absolute atomic E-state index is 11.6. The number of nitrogens with one attached hydrogen (secondary N) is 2. The molecule has 0 atom stereocenters. The Hall–Kier alpha value is -3.12. The summed E-state index contributed by atoms with van der Waals surface area (Å²) in [5, 5.41) is 10.5. The molecule has 4 rings (SSSR count). The molecular weight excluding hydrogens is 508 g/mol. The van der Waals surface area contributed by atoms with Crippen LogP contribution < -0.4 is 5.32 Å². The lowest BCUT2D eigenvalue weighted by atomic mass is 9.78. The van der Waals surface area contributed by atoms with Crippen LogP contribution in [0.2, 0.25) is 0 Å². The Kier molecular flexibility index (Phi) is 9.50. The highest BCUT2D eigenvalue weighted by Gasteiger charge is 2.38. The molecule has 0 saturated heterocycles. The standard InChI is InChI=1S/C16H22N2O2.C16H20N2.ClH/c1-11(17)9-15(20)10-13-5-7-14(8-6-13)18-16(3,4)12(2)19;1-9-15(3,4)11-7-14-12(8-13(11)17-9)16(5,6)10(2)18-14;/h5-8,17-18H,9-10H2,1-4H3;7-8H,1-6H3;1H. The van der Waals surface area contributed by atoms with Gasteiger partial charge in [-0.3, -0.25) is 19.6 Å². The van der Waals surface area contributed by atoms with Gasteiger partial charge in [-0.2, -0.15) is 0 Å². The third-order valence-electron chi connectivity index (χ3n) is 8.00. The number of halogens is 1. The number of hydrogen-bond acceptors (Lipinski definition) is 6. The van der Waals surface area contributed by atoms with Gasteiger partial charge in [0.1, 0.15) is 5.78 Å². The lowest BCUT2D eigenvalue weighted by Gasteiger charge is -2.24. The number of benzene rings is 2. The molecule has 2 N–H and O–H groups in total. The average Bonchev–Trinajstić information content (AvgIpc) is 3.15. The Bertz CT molecular complexity index is 1290. The number of carbonyl (C=O) groups excluding carboxylic acids is 2. The first-order valence-electron chi connectivity index (χ1n) is 13.2. The van der Waals surface area contributed by atoms with Crippen molar-refractivity contribution < 1.29 is 9.59 Å². The van der Waals surface area contributed by atoms with Gasteiger partial charge < -0.3 is 10.7 Å². The van der Waals surface area contributed by atoms with Crippen LogP contribution in [0.1, 0.15) is 92.3 Å². The molecule has 0 amide bonds. The minimum Gasteiger partial charge on any atom is -0.373 e. The Balaban J connectivity index is 0.000000267. The summed E-state index contributed by atoms with van der Waals surface area (Å²) in [4.78, 5) is 32.6. The average molecular weight is 551 g/mol. The van der Waals surface area contributed by atoms with Crippen LogP contribution in [0.15, 0.2) is 46.4 Å². The highest BCUT2D eigenvalue weighted by atomic mass is 35.5. The molecular formula is C32H43ClN4O2. The minimum absolute atomic E-state index is 0. The number of nitrogens with zero attached hydrogens (tertiary/aromatic N) is 2. The zero-order valence-corrected chi connectivity index (χ0v) is 25.8. The zero-order valence-electron chi connectivity index (χ0n) is 25.0. The minimum atomic E-state index is -0.603. The van der Waals surface area contributed by atoms with Gasteiger partial charge in [-0.1, -0.05) is 39.8 Å². The van der Waals surface area contributed by atoms with E-state index in [1.807, 2.05) is 38.1 Å². The van der Waals surface area contributed by atoms with E-state index in [1.165, 1.54) is 22.6 Å². The molecule has 2 aromatic carbocycles. The van der Waals surface area contributed by atoms with Crippen molar-refractivity contribution in [1.29, 1.82) is 5.41 Å². The van der Waals surface area contributed by atoms with E-state index in [1.54, 1.807) is 13.8 Å². The highest BCUT2D eigenvalue weighted by molar-refractivity contribution is 6.04. The molecule has 6 nitrogen and oxygen atoms in total. The number of fused-ring (bicyclic) bond motifs is 2. The van der Waals surface area contributed by atoms with Gasteiger partial charge in [-0.05, 0) is 82.5 Å². The van der Waals surface area contributed by atoms with Crippen molar-refractivity contribution >= 4 is 58.2 Å². The van der Waals surface area contributed by atoms with Crippen molar-refractivity contribution in [1.82, 2.24) is 0 Å². The molecule has 0 saturated carbocycles. The van der Waals surface area contributed by atoms with Crippen molar-refractivity contribution in [3.05, 3.63) is 53.1 Å². The van der Waals surface area contributed by atoms with E-state index in [0.717, 1.165) is 22.6 Å². The lowest BCUT2D eigenvalue weighted by Crippen LogP contribution is -2.38. The quantitative estimate of drug-likeness (QED) is 0.343. The summed E-state index contributed by atoms with van der Waals surface area (Å²) in [6.07, 6.45) is 0.546. The highest BCUT2D eigenvalue weighted by Crippen LogP contribution is 2.48. The molecule has 7 heteroatoms. The predicted octanol–water partition coefficient (Wildman–Crippen LogP) is 7.88. The molecule has 0 aliphatic carbocycles. The fourth-order valence-corrected chi connectivity index (χ4v) is 4.53. The second-order valence-electron chi connectivity index (χ2n) is 12.2. The number of carbonyl (C=O) groups is 2. The van der Waals surface area contributed by atoms with Crippen molar-refractivity contribution in [3.63, 3.8) is 0 Å². The van der Waals surface area contributed by atoms with Crippen molar-refractivity contribution in [2.45, 2.75) is 98.4 Å². The fraction of sp³-hybridized carbons (Fsp3) is 0.469. The van der Waals surface area contributed by atoms with Crippen molar-refractivity contribution in [3.8, 4) is 0 Å². The zero-order chi connectivity index (χ0) is 28.6. The summed E-state index contributed by atoms with van der Waals surface area (Å²) >= 11 is 0. The maximum atomic E-state index is 11.6. The van der Waals surface area contributed by atoms with Crippen LogP contribution in [-0.2, 0) is 26.8 Å². The smallest absolute Gasteiger partial charge is 0.154 e. The first kappa shape index (κ1) is 32.1. The van der Waals surface area contributed by atoms with Crippen LogP contribution in [0, 0.1) is 5.41 Å². The third kappa shape index (κ3) is 6.91. The van der Waals surface area contributed by atoms with E-state index in [0.29, 0.717) is 12.1 Å². The van der Waals surface area contributed by atoms with Gasteiger partial charge in [0.25, 0.3) is 0 Å².